The molecule has 0 bridgehead atoms. The van der Waals surface area contributed by atoms with Gasteiger partial charge in [0.25, 0.3) is 5.91 Å². The largest absolute Gasteiger partial charge is 0.481 e. The molecule has 2 heterocycles. The highest BCUT2D eigenvalue weighted by Gasteiger charge is 2.54. The normalized spacial score (nSPS) is 25.4. The van der Waals surface area contributed by atoms with Gasteiger partial charge < -0.3 is 20.1 Å². The van der Waals surface area contributed by atoms with Gasteiger partial charge >= 0.3 is 5.97 Å². The molecule has 1 aromatic carbocycles. The number of hydrogen-bond donors (Lipinski definition) is 2. The number of benzene rings is 1. The molecule has 2 atom stereocenters. The first-order valence-electron chi connectivity index (χ1n) is 8.01. The summed E-state index contributed by atoms with van der Waals surface area (Å²) < 4.78 is 19.1. The maximum Gasteiger partial charge on any atom is 0.311 e. The lowest BCUT2D eigenvalue weighted by Crippen LogP contribution is -2.45. The van der Waals surface area contributed by atoms with Crippen molar-refractivity contribution in [3.05, 3.63) is 29.6 Å². The van der Waals surface area contributed by atoms with E-state index in [4.69, 9.17) is 4.74 Å². The summed E-state index contributed by atoms with van der Waals surface area (Å²) in [6.45, 7) is 2.28. The van der Waals surface area contributed by atoms with Crippen LogP contribution in [0.4, 0.5) is 10.1 Å². The van der Waals surface area contributed by atoms with Crippen LogP contribution in [0, 0.1) is 17.2 Å². The number of carbonyl (C=O) groups is 3. The van der Waals surface area contributed by atoms with E-state index in [0.717, 1.165) is 6.07 Å². The van der Waals surface area contributed by atoms with Gasteiger partial charge in [0.05, 0.1) is 17.7 Å². The van der Waals surface area contributed by atoms with Crippen molar-refractivity contribution in [2.24, 2.45) is 11.3 Å². The molecular weight excluding hydrogens is 331 g/mol. The molecule has 0 saturated carbocycles. The number of rotatable bonds is 3. The van der Waals surface area contributed by atoms with Gasteiger partial charge in [0, 0.05) is 38.1 Å². The molecular formula is C17H19FN2O5. The van der Waals surface area contributed by atoms with Crippen molar-refractivity contribution in [1.82, 2.24) is 4.90 Å². The van der Waals surface area contributed by atoms with E-state index in [0.29, 0.717) is 19.6 Å². The van der Waals surface area contributed by atoms with Crippen molar-refractivity contribution in [2.45, 2.75) is 13.3 Å². The van der Waals surface area contributed by atoms with Crippen LogP contribution in [0.3, 0.4) is 0 Å². The summed E-state index contributed by atoms with van der Waals surface area (Å²) in [4.78, 5) is 37.2. The van der Waals surface area contributed by atoms with Crippen molar-refractivity contribution >= 4 is 23.5 Å². The average Bonchev–Trinajstić information content (AvgIpc) is 2.97. The molecule has 0 aromatic heterocycles. The Morgan fingerprint density at radius 3 is 2.80 bits per heavy atom. The molecule has 7 nitrogen and oxygen atoms in total. The van der Waals surface area contributed by atoms with Crippen LogP contribution in [0.1, 0.15) is 23.7 Å². The molecule has 2 N–H and O–H groups in total. The highest BCUT2D eigenvalue weighted by Crippen LogP contribution is 2.42. The van der Waals surface area contributed by atoms with Gasteiger partial charge in [-0.05, 0) is 24.6 Å². The highest BCUT2D eigenvalue weighted by atomic mass is 19.1. The number of hydrogen-bond acceptors (Lipinski definition) is 4. The summed E-state index contributed by atoms with van der Waals surface area (Å²) in [5, 5.41) is 12.0. The summed E-state index contributed by atoms with van der Waals surface area (Å²) in [5.41, 5.74) is -0.870. The zero-order valence-electron chi connectivity index (χ0n) is 13.8. The lowest BCUT2D eigenvalue weighted by atomic mass is 9.74. The standard InChI is InChI=1S/C17H19FN2O5/c1-10(21)19-14-6-11(2-3-13(14)18)15(22)20-7-12-8-25-5-4-17(12,9-20)16(23)24/h2-3,6,12H,4-5,7-9H2,1H3,(H,19,21)(H,23,24)/t12-,17+/m0/s1. The second kappa shape index (κ2) is 6.44. The summed E-state index contributed by atoms with van der Waals surface area (Å²) in [7, 11) is 0. The fraction of sp³-hybridized carbons (Fsp3) is 0.471. The molecule has 0 radical (unpaired) electrons. The second-order valence-electron chi connectivity index (χ2n) is 6.54. The van der Waals surface area contributed by atoms with Crippen LogP contribution in [-0.2, 0) is 14.3 Å². The third kappa shape index (κ3) is 3.09. The first kappa shape index (κ1) is 17.3. The minimum Gasteiger partial charge on any atom is -0.481 e. The monoisotopic (exact) mass is 350 g/mol. The predicted octanol–water partition coefficient (Wildman–Crippen LogP) is 1.35. The van der Waals surface area contributed by atoms with Crippen molar-refractivity contribution in [1.29, 1.82) is 0 Å². The number of likely N-dealkylation sites (tertiary alicyclic amines) is 1. The zero-order valence-corrected chi connectivity index (χ0v) is 13.8. The molecule has 0 unspecified atom stereocenters. The molecule has 1 aromatic rings. The number of nitrogens with zero attached hydrogens (tertiary/aromatic N) is 1. The maximum atomic E-state index is 13.7. The maximum absolute atomic E-state index is 13.7. The Morgan fingerprint density at radius 1 is 1.40 bits per heavy atom. The molecule has 0 aliphatic carbocycles. The lowest BCUT2D eigenvalue weighted by Gasteiger charge is -2.33. The molecule has 2 saturated heterocycles. The number of aliphatic carboxylic acids is 1. The Hall–Kier alpha value is -2.48. The number of carbonyl (C=O) groups excluding carboxylic acids is 2. The van der Waals surface area contributed by atoms with Crippen molar-refractivity contribution in [3.63, 3.8) is 0 Å². The van der Waals surface area contributed by atoms with Gasteiger partial charge in [-0.15, -0.1) is 0 Å². The number of carboxylic acids is 1. The van der Waals surface area contributed by atoms with Gasteiger partial charge in [-0.1, -0.05) is 0 Å². The van der Waals surface area contributed by atoms with E-state index < -0.39 is 23.1 Å². The zero-order chi connectivity index (χ0) is 18.2. The van der Waals surface area contributed by atoms with E-state index in [9.17, 15) is 23.9 Å². The summed E-state index contributed by atoms with van der Waals surface area (Å²) >= 11 is 0. The summed E-state index contributed by atoms with van der Waals surface area (Å²) in [5.74, 6) is -2.66. The van der Waals surface area contributed by atoms with Crippen molar-refractivity contribution in [3.8, 4) is 0 Å². The van der Waals surface area contributed by atoms with Crippen LogP contribution in [0.5, 0.6) is 0 Å². The van der Waals surface area contributed by atoms with Gasteiger partial charge in [0.1, 0.15) is 5.82 Å². The molecule has 0 spiro atoms. The summed E-state index contributed by atoms with van der Waals surface area (Å²) in [6, 6.07) is 3.71. The van der Waals surface area contributed by atoms with Gasteiger partial charge in [-0.2, -0.15) is 0 Å². The Morgan fingerprint density at radius 2 is 2.16 bits per heavy atom. The minimum atomic E-state index is -0.992. The van der Waals surface area contributed by atoms with E-state index in [1.807, 2.05) is 0 Å². The predicted molar refractivity (Wildman–Crippen MR) is 85.6 cm³/mol. The van der Waals surface area contributed by atoms with E-state index in [1.54, 1.807) is 0 Å². The van der Waals surface area contributed by atoms with E-state index in [1.165, 1.54) is 24.0 Å². The Bertz CT molecular complexity index is 738. The van der Waals surface area contributed by atoms with E-state index in [-0.39, 0.29) is 36.2 Å². The molecule has 3 rings (SSSR count). The van der Waals surface area contributed by atoms with Crippen LogP contribution in [-0.4, -0.2) is 54.1 Å². The molecule has 2 fully saturated rings. The van der Waals surface area contributed by atoms with E-state index >= 15 is 0 Å². The average molecular weight is 350 g/mol. The fourth-order valence-electron chi connectivity index (χ4n) is 3.58. The second-order valence-corrected chi connectivity index (χ2v) is 6.54. The van der Waals surface area contributed by atoms with Gasteiger partial charge in [-0.3, -0.25) is 14.4 Å². The number of fused-ring (bicyclic) bond motifs is 1. The van der Waals surface area contributed by atoms with Crippen LogP contribution < -0.4 is 5.32 Å². The third-order valence-electron chi connectivity index (χ3n) is 4.94. The summed E-state index contributed by atoms with van der Waals surface area (Å²) in [6.07, 6.45) is 0.358. The van der Waals surface area contributed by atoms with Gasteiger partial charge in [-0.25, -0.2) is 4.39 Å². The Labute approximate surface area is 143 Å². The first-order valence-corrected chi connectivity index (χ1v) is 8.01. The smallest absolute Gasteiger partial charge is 0.311 e. The van der Waals surface area contributed by atoms with Crippen molar-refractivity contribution in [2.75, 3.05) is 31.6 Å². The topological polar surface area (TPSA) is 95.9 Å². The number of nitrogens with one attached hydrogen (secondary N) is 1. The minimum absolute atomic E-state index is 0.0776. The molecule has 25 heavy (non-hydrogen) atoms. The van der Waals surface area contributed by atoms with Gasteiger partial charge in [0.15, 0.2) is 0 Å². The molecule has 2 aliphatic heterocycles. The van der Waals surface area contributed by atoms with E-state index in [2.05, 4.69) is 5.32 Å². The van der Waals surface area contributed by atoms with Gasteiger partial charge in [0.2, 0.25) is 5.91 Å². The molecule has 134 valence electrons. The number of anilines is 1. The molecule has 2 amide bonds. The van der Waals surface area contributed by atoms with Crippen LogP contribution in [0.2, 0.25) is 0 Å². The number of amides is 2. The Kier molecular flexibility index (Phi) is 4.47. The van der Waals surface area contributed by atoms with Crippen LogP contribution >= 0.6 is 0 Å². The fourth-order valence-corrected chi connectivity index (χ4v) is 3.58. The molecule has 8 heteroatoms. The first-order chi connectivity index (χ1) is 11.8. The lowest BCUT2D eigenvalue weighted by molar-refractivity contribution is -0.157. The quantitative estimate of drug-likeness (QED) is 0.858. The van der Waals surface area contributed by atoms with Crippen LogP contribution in [0.15, 0.2) is 18.2 Å². The molecule has 2 aliphatic rings. The number of ether oxygens (including phenoxy) is 1. The third-order valence-corrected chi connectivity index (χ3v) is 4.94. The van der Waals surface area contributed by atoms with Crippen molar-refractivity contribution < 1.29 is 28.6 Å². The van der Waals surface area contributed by atoms with Crippen LogP contribution in [0.25, 0.3) is 0 Å². The Balaban J connectivity index is 1.84. The number of halogens is 1. The number of carboxylic acid groups (broad SMARTS) is 1. The SMILES string of the molecule is CC(=O)Nc1cc(C(=O)N2C[C@H]3COCC[C@@]3(C(=O)O)C2)ccc1F. The highest BCUT2D eigenvalue weighted by molar-refractivity contribution is 5.97.